The van der Waals surface area contributed by atoms with E-state index in [0.717, 1.165) is 18.7 Å². The van der Waals surface area contributed by atoms with Crippen molar-refractivity contribution in [1.82, 2.24) is 5.32 Å². The van der Waals surface area contributed by atoms with Crippen molar-refractivity contribution in [3.8, 4) is 0 Å². The van der Waals surface area contributed by atoms with Gasteiger partial charge in [-0.25, -0.2) is 0 Å². The van der Waals surface area contributed by atoms with Crippen LogP contribution in [0.3, 0.4) is 0 Å². The fraction of sp³-hybridized carbons (Fsp3) is 0.444. The van der Waals surface area contributed by atoms with Gasteiger partial charge in [0.2, 0.25) is 0 Å². The van der Waals surface area contributed by atoms with Crippen LogP contribution in [0.5, 0.6) is 0 Å². The Morgan fingerprint density at radius 3 is 3.17 bits per heavy atom. The van der Waals surface area contributed by atoms with Crippen molar-refractivity contribution < 1.29 is 4.74 Å². The molecular weight excluding hydrogens is 152 g/mol. The highest BCUT2D eigenvalue weighted by Crippen LogP contribution is 2.16. The smallest absolute Gasteiger partial charge is 0.105 e. The zero-order valence-corrected chi connectivity index (χ0v) is 6.86. The van der Waals surface area contributed by atoms with E-state index in [1.165, 1.54) is 0 Å². The minimum Gasteiger partial charge on any atom is -0.384 e. The van der Waals surface area contributed by atoms with Crippen LogP contribution in [0.2, 0.25) is 0 Å². The molecule has 1 N–H and O–H groups in total. The number of ether oxygens (including phenoxy) is 1. The zero-order chi connectivity index (χ0) is 8.23. The Hall–Kier alpha value is -1.09. The molecule has 64 valence electrons. The van der Waals surface area contributed by atoms with E-state index in [4.69, 9.17) is 4.74 Å². The fourth-order valence-corrected chi connectivity index (χ4v) is 1.31. The normalized spacial score (nSPS) is 28.0. The molecule has 0 saturated carbocycles. The third-order valence-electron chi connectivity index (χ3n) is 1.94. The van der Waals surface area contributed by atoms with Gasteiger partial charge in [0.1, 0.15) is 6.10 Å². The van der Waals surface area contributed by atoms with Crippen molar-refractivity contribution in [1.29, 1.82) is 0 Å². The molecule has 3 heteroatoms. The van der Waals surface area contributed by atoms with Crippen LogP contribution in [0.25, 0.3) is 0 Å². The summed E-state index contributed by atoms with van der Waals surface area (Å²) >= 11 is 0. The highest BCUT2D eigenvalue weighted by Gasteiger charge is 2.15. The lowest BCUT2D eigenvalue weighted by Crippen LogP contribution is -2.23. The van der Waals surface area contributed by atoms with Crippen molar-refractivity contribution in [2.75, 3.05) is 13.2 Å². The quantitative estimate of drug-likeness (QED) is 0.583. The predicted molar refractivity (Wildman–Crippen MR) is 48.1 cm³/mol. The molecule has 0 bridgehead atoms. The highest BCUT2D eigenvalue weighted by atomic mass is 16.5. The third kappa shape index (κ3) is 1.56. The van der Waals surface area contributed by atoms with Gasteiger partial charge in [-0.3, -0.25) is 4.99 Å². The van der Waals surface area contributed by atoms with Gasteiger partial charge in [-0.1, -0.05) is 12.2 Å². The van der Waals surface area contributed by atoms with Crippen molar-refractivity contribution in [2.24, 2.45) is 4.99 Å². The Labute approximate surface area is 71.8 Å². The van der Waals surface area contributed by atoms with E-state index in [1.54, 1.807) is 0 Å². The highest BCUT2D eigenvalue weighted by molar-refractivity contribution is 5.63. The largest absolute Gasteiger partial charge is 0.384 e. The first kappa shape index (κ1) is 7.55. The fourth-order valence-electron chi connectivity index (χ4n) is 1.31. The maximum atomic E-state index is 5.51. The van der Waals surface area contributed by atoms with E-state index in [2.05, 4.69) is 16.4 Å². The maximum absolute atomic E-state index is 5.51. The maximum Gasteiger partial charge on any atom is 0.105 e. The first-order chi connectivity index (χ1) is 5.97. The minimum absolute atomic E-state index is 0.152. The average molecular weight is 164 g/mol. The molecule has 2 rings (SSSR count). The molecule has 1 unspecified atom stereocenters. The van der Waals surface area contributed by atoms with E-state index in [-0.39, 0.29) is 6.10 Å². The van der Waals surface area contributed by atoms with Gasteiger partial charge in [-0.15, -0.1) is 0 Å². The number of nitrogens with one attached hydrogen (secondary N) is 1. The molecule has 0 spiro atoms. The second-order valence-corrected chi connectivity index (χ2v) is 2.82. The topological polar surface area (TPSA) is 33.6 Å². The Bertz CT molecular complexity index is 243. The summed E-state index contributed by atoms with van der Waals surface area (Å²) in [5.74, 6) is 0. The molecule has 0 aromatic carbocycles. The molecule has 1 atom stereocenters. The Morgan fingerprint density at radius 2 is 2.50 bits per heavy atom. The molecule has 12 heavy (non-hydrogen) atoms. The van der Waals surface area contributed by atoms with Crippen LogP contribution in [0, 0.1) is 0 Å². The van der Waals surface area contributed by atoms with Gasteiger partial charge in [-0.2, -0.15) is 0 Å². The number of hydrogen-bond donors (Lipinski definition) is 1. The molecule has 0 aromatic heterocycles. The van der Waals surface area contributed by atoms with Crippen LogP contribution in [0.15, 0.2) is 29.0 Å². The van der Waals surface area contributed by atoms with Gasteiger partial charge in [0.05, 0.1) is 12.3 Å². The van der Waals surface area contributed by atoms with Crippen molar-refractivity contribution >= 4 is 6.21 Å². The van der Waals surface area contributed by atoms with Crippen LogP contribution < -0.4 is 5.32 Å². The Kier molecular flexibility index (Phi) is 2.23. The van der Waals surface area contributed by atoms with E-state index >= 15 is 0 Å². The first-order valence-electron chi connectivity index (χ1n) is 4.19. The van der Waals surface area contributed by atoms with Crippen molar-refractivity contribution in [3.05, 3.63) is 24.0 Å². The summed E-state index contributed by atoms with van der Waals surface area (Å²) in [6, 6.07) is 0. The summed E-state index contributed by atoms with van der Waals surface area (Å²) in [5.41, 5.74) is 1.01. The molecule has 2 heterocycles. The van der Waals surface area contributed by atoms with Crippen LogP contribution in [0.1, 0.15) is 6.42 Å². The predicted octanol–water partition coefficient (Wildman–Crippen LogP) is 0.847. The lowest BCUT2D eigenvalue weighted by Gasteiger charge is -2.20. The standard InChI is InChI=1S/C9H12N2O/c1-2-6-12-9(3-1)8-7-10-4-5-11-8/h1-2,5,7,9-10H,3-4,6H2. The van der Waals surface area contributed by atoms with Crippen LogP contribution >= 0.6 is 0 Å². The molecule has 0 radical (unpaired) electrons. The van der Waals surface area contributed by atoms with Crippen molar-refractivity contribution in [2.45, 2.75) is 12.5 Å². The van der Waals surface area contributed by atoms with Gasteiger partial charge in [-0.05, 0) is 6.42 Å². The van der Waals surface area contributed by atoms with E-state index < -0.39 is 0 Å². The number of nitrogens with zero attached hydrogens (tertiary/aromatic N) is 1. The van der Waals surface area contributed by atoms with Crippen LogP contribution in [-0.4, -0.2) is 25.5 Å². The molecule has 0 amide bonds. The van der Waals surface area contributed by atoms with Gasteiger partial charge in [0.15, 0.2) is 0 Å². The van der Waals surface area contributed by atoms with E-state index in [9.17, 15) is 0 Å². The van der Waals surface area contributed by atoms with Crippen LogP contribution in [0.4, 0.5) is 0 Å². The minimum atomic E-state index is 0.152. The Balaban J connectivity index is 2.03. The molecular formula is C9H12N2O. The summed E-state index contributed by atoms with van der Waals surface area (Å²) < 4.78 is 5.51. The van der Waals surface area contributed by atoms with Gasteiger partial charge in [0, 0.05) is 19.0 Å². The summed E-state index contributed by atoms with van der Waals surface area (Å²) in [7, 11) is 0. The monoisotopic (exact) mass is 164 g/mol. The lowest BCUT2D eigenvalue weighted by molar-refractivity contribution is 0.0927. The first-order valence-corrected chi connectivity index (χ1v) is 4.19. The zero-order valence-electron chi connectivity index (χ0n) is 6.86. The molecule has 3 nitrogen and oxygen atoms in total. The van der Waals surface area contributed by atoms with Crippen molar-refractivity contribution in [3.63, 3.8) is 0 Å². The SMILES string of the molecule is C1=CCC(C2=CNCC=N2)OC1. The molecule has 0 aliphatic carbocycles. The summed E-state index contributed by atoms with van der Waals surface area (Å²) in [6.07, 6.45) is 9.07. The van der Waals surface area contributed by atoms with Gasteiger partial charge < -0.3 is 10.1 Å². The van der Waals surface area contributed by atoms with Crippen LogP contribution in [-0.2, 0) is 4.74 Å². The summed E-state index contributed by atoms with van der Waals surface area (Å²) in [4.78, 5) is 4.27. The second kappa shape index (κ2) is 3.54. The molecule has 0 saturated heterocycles. The lowest BCUT2D eigenvalue weighted by atomic mass is 10.1. The Morgan fingerprint density at radius 1 is 1.50 bits per heavy atom. The molecule has 2 aliphatic rings. The molecule has 0 fully saturated rings. The molecule has 2 aliphatic heterocycles. The second-order valence-electron chi connectivity index (χ2n) is 2.82. The van der Waals surface area contributed by atoms with E-state index in [0.29, 0.717) is 6.61 Å². The average Bonchev–Trinajstić information content (AvgIpc) is 2.21. The molecule has 0 aromatic rings. The third-order valence-corrected chi connectivity index (χ3v) is 1.94. The summed E-state index contributed by atoms with van der Waals surface area (Å²) in [6.45, 7) is 1.53. The van der Waals surface area contributed by atoms with E-state index in [1.807, 2.05) is 18.5 Å². The number of rotatable bonds is 1. The number of aliphatic imine (C=N–C) groups is 1. The van der Waals surface area contributed by atoms with Gasteiger partial charge in [0.25, 0.3) is 0 Å². The number of hydrogen-bond acceptors (Lipinski definition) is 3. The summed E-state index contributed by atoms with van der Waals surface area (Å²) in [5, 5.41) is 3.12. The van der Waals surface area contributed by atoms with Gasteiger partial charge >= 0.3 is 0 Å².